The predicted molar refractivity (Wildman–Crippen MR) is 118 cm³/mol. The van der Waals surface area contributed by atoms with Gasteiger partial charge in [-0.2, -0.15) is 0 Å². The fraction of sp³-hybridized carbons (Fsp3) is 0.320. The Morgan fingerprint density at radius 2 is 1.67 bits per heavy atom. The van der Waals surface area contributed by atoms with Gasteiger partial charge >= 0.3 is 0 Å². The van der Waals surface area contributed by atoms with E-state index in [1.165, 1.54) is 0 Å². The zero-order valence-corrected chi connectivity index (χ0v) is 17.3. The number of fused-ring (bicyclic) bond motifs is 1. The summed E-state index contributed by atoms with van der Waals surface area (Å²) in [5.74, 6) is 0.0500. The van der Waals surface area contributed by atoms with Crippen LogP contribution >= 0.6 is 0 Å². The number of amides is 2. The summed E-state index contributed by atoms with van der Waals surface area (Å²) in [6, 6.07) is 21.2. The minimum absolute atomic E-state index is 0.0181. The average molecular weight is 402 g/mol. The zero-order valence-electron chi connectivity index (χ0n) is 17.3. The van der Waals surface area contributed by atoms with Crippen molar-refractivity contribution in [1.29, 1.82) is 0 Å². The van der Waals surface area contributed by atoms with E-state index in [9.17, 15) is 9.59 Å². The molecule has 30 heavy (non-hydrogen) atoms. The number of benzene rings is 2. The molecule has 3 aromatic rings. The highest BCUT2D eigenvalue weighted by Crippen LogP contribution is 2.21. The number of likely N-dealkylation sites (tertiary alicyclic amines) is 1. The molecule has 5 heteroatoms. The minimum Gasteiger partial charge on any atom is -0.338 e. The van der Waals surface area contributed by atoms with Crippen molar-refractivity contribution in [3.63, 3.8) is 0 Å². The van der Waals surface area contributed by atoms with Crippen LogP contribution in [0.15, 0.2) is 66.7 Å². The highest BCUT2D eigenvalue weighted by atomic mass is 16.2. The molecule has 2 heterocycles. The van der Waals surface area contributed by atoms with E-state index in [1.807, 2.05) is 76.5 Å². The number of carbonyl (C=O) groups is 2. The van der Waals surface area contributed by atoms with E-state index in [4.69, 9.17) is 0 Å². The van der Waals surface area contributed by atoms with Crippen LogP contribution < -0.4 is 0 Å². The normalized spacial score (nSPS) is 14.6. The molecule has 154 valence electrons. The molecule has 5 nitrogen and oxygen atoms in total. The van der Waals surface area contributed by atoms with Crippen molar-refractivity contribution in [2.45, 2.75) is 32.2 Å². The van der Waals surface area contributed by atoms with Crippen molar-refractivity contribution in [2.75, 3.05) is 19.6 Å². The molecule has 0 N–H and O–H groups in total. The van der Waals surface area contributed by atoms with Crippen molar-refractivity contribution < 1.29 is 9.59 Å². The van der Waals surface area contributed by atoms with Crippen LogP contribution in [-0.2, 0) is 0 Å². The molecule has 0 spiro atoms. The quantitative estimate of drug-likeness (QED) is 0.637. The highest BCUT2D eigenvalue weighted by molar-refractivity contribution is 5.95. The third-order valence-electron chi connectivity index (χ3n) is 5.76. The smallest absolute Gasteiger partial charge is 0.272 e. The van der Waals surface area contributed by atoms with Crippen LogP contribution in [0.1, 0.15) is 47.0 Å². The summed E-state index contributed by atoms with van der Waals surface area (Å²) < 4.78 is 0. The summed E-state index contributed by atoms with van der Waals surface area (Å²) in [5.41, 5.74) is 2.05. The Morgan fingerprint density at radius 3 is 2.40 bits per heavy atom. The fourth-order valence-corrected chi connectivity index (χ4v) is 4.17. The van der Waals surface area contributed by atoms with Gasteiger partial charge in [0, 0.05) is 36.6 Å². The van der Waals surface area contributed by atoms with Crippen LogP contribution in [0, 0.1) is 0 Å². The summed E-state index contributed by atoms with van der Waals surface area (Å²) in [6.07, 6.45) is 2.47. The number of nitrogens with zero attached hydrogens (tertiary/aromatic N) is 3. The van der Waals surface area contributed by atoms with Crippen molar-refractivity contribution >= 4 is 22.7 Å². The van der Waals surface area contributed by atoms with Gasteiger partial charge in [0.2, 0.25) is 0 Å². The van der Waals surface area contributed by atoms with E-state index >= 15 is 0 Å². The lowest BCUT2D eigenvalue weighted by molar-refractivity contribution is 0.0515. The first kappa shape index (κ1) is 20.1. The number of hydrogen-bond donors (Lipinski definition) is 0. The van der Waals surface area contributed by atoms with E-state index in [2.05, 4.69) is 11.9 Å². The van der Waals surface area contributed by atoms with Gasteiger partial charge in [-0.3, -0.25) is 9.59 Å². The van der Waals surface area contributed by atoms with Crippen molar-refractivity contribution in [1.82, 2.24) is 14.8 Å². The summed E-state index contributed by atoms with van der Waals surface area (Å²) in [6.45, 7) is 4.11. The highest BCUT2D eigenvalue weighted by Gasteiger charge is 2.30. The molecule has 1 saturated heterocycles. The molecule has 2 aromatic carbocycles. The number of piperidine rings is 1. The predicted octanol–water partition coefficient (Wildman–Crippen LogP) is 4.39. The lowest BCUT2D eigenvalue weighted by Gasteiger charge is -2.38. The summed E-state index contributed by atoms with van der Waals surface area (Å²) in [7, 11) is 0. The molecule has 4 rings (SSSR count). The van der Waals surface area contributed by atoms with Gasteiger partial charge in [0.25, 0.3) is 11.8 Å². The van der Waals surface area contributed by atoms with Crippen LogP contribution in [0.3, 0.4) is 0 Å². The monoisotopic (exact) mass is 401 g/mol. The molecule has 2 amide bonds. The third-order valence-corrected chi connectivity index (χ3v) is 5.76. The topological polar surface area (TPSA) is 53.5 Å². The summed E-state index contributed by atoms with van der Waals surface area (Å²) >= 11 is 0. The van der Waals surface area contributed by atoms with Gasteiger partial charge in [-0.05, 0) is 43.5 Å². The number of aromatic nitrogens is 1. The van der Waals surface area contributed by atoms with E-state index in [0.717, 1.165) is 35.7 Å². The largest absolute Gasteiger partial charge is 0.338 e. The Kier molecular flexibility index (Phi) is 6.07. The second-order valence-corrected chi connectivity index (χ2v) is 7.78. The zero-order chi connectivity index (χ0) is 20.9. The van der Waals surface area contributed by atoms with Gasteiger partial charge in [-0.15, -0.1) is 0 Å². The lowest BCUT2D eigenvalue weighted by Crippen LogP contribution is -2.49. The first-order chi connectivity index (χ1) is 14.7. The average Bonchev–Trinajstić information content (AvgIpc) is 2.82. The Morgan fingerprint density at radius 1 is 0.967 bits per heavy atom. The number of pyridine rings is 1. The Labute approximate surface area is 177 Å². The Hall–Kier alpha value is -3.21. The van der Waals surface area contributed by atoms with E-state index < -0.39 is 0 Å². The Bertz CT molecular complexity index is 1030. The van der Waals surface area contributed by atoms with Gasteiger partial charge in [-0.25, -0.2) is 4.98 Å². The number of rotatable bonds is 5. The van der Waals surface area contributed by atoms with E-state index in [0.29, 0.717) is 25.3 Å². The van der Waals surface area contributed by atoms with Crippen LogP contribution in [0.25, 0.3) is 10.9 Å². The van der Waals surface area contributed by atoms with Crippen LogP contribution in [0.5, 0.6) is 0 Å². The standard InChI is InChI=1S/C25H27N3O2/c1-2-16-28(25(30)23-13-12-19-8-6-7-11-22(19)26-23)21-14-17-27(18-15-21)24(29)20-9-4-3-5-10-20/h3-13,21H,2,14-18H2,1H3. The van der Waals surface area contributed by atoms with E-state index in [1.54, 1.807) is 0 Å². The maximum absolute atomic E-state index is 13.3. The molecule has 0 unspecified atom stereocenters. The molecule has 1 aromatic heterocycles. The Balaban J connectivity index is 1.46. The first-order valence-electron chi connectivity index (χ1n) is 10.7. The maximum atomic E-state index is 13.3. The summed E-state index contributed by atoms with van der Waals surface area (Å²) in [5, 5.41) is 1.03. The molecular formula is C25H27N3O2. The molecule has 1 aliphatic heterocycles. The van der Waals surface area contributed by atoms with E-state index in [-0.39, 0.29) is 17.9 Å². The number of para-hydroxylation sites is 1. The van der Waals surface area contributed by atoms with Gasteiger partial charge in [0.1, 0.15) is 5.69 Å². The van der Waals surface area contributed by atoms with Gasteiger partial charge in [0.05, 0.1) is 5.52 Å². The summed E-state index contributed by atoms with van der Waals surface area (Å²) in [4.78, 5) is 34.5. The fourth-order valence-electron chi connectivity index (χ4n) is 4.17. The van der Waals surface area contributed by atoms with Crippen LogP contribution in [-0.4, -0.2) is 52.3 Å². The maximum Gasteiger partial charge on any atom is 0.272 e. The molecule has 1 aliphatic rings. The molecule has 0 radical (unpaired) electrons. The third kappa shape index (κ3) is 4.20. The lowest BCUT2D eigenvalue weighted by atomic mass is 10.0. The van der Waals surface area contributed by atoms with Crippen molar-refractivity contribution in [3.8, 4) is 0 Å². The van der Waals surface area contributed by atoms with Crippen LogP contribution in [0.2, 0.25) is 0 Å². The number of hydrogen-bond acceptors (Lipinski definition) is 3. The molecule has 1 fully saturated rings. The van der Waals surface area contributed by atoms with Crippen molar-refractivity contribution in [3.05, 3.63) is 78.0 Å². The van der Waals surface area contributed by atoms with Gasteiger partial charge in [0.15, 0.2) is 0 Å². The first-order valence-corrected chi connectivity index (χ1v) is 10.7. The second kappa shape index (κ2) is 9.08. The molecule has 0 atom stereocenters. The molecule has 0 bridgehead atoms. The minimum atomic E-state index is -0.0181. The second-order valence-electron chi connectivity index (χ2n) is 7.78. The molecule has 0 aliphatic carbocycles. The van der Waals surface area contributed by atoms with Gasteiger partial charge in [-0.1, -0.05) is 49.4 Å². The number of carbonyl (C=O) groups excluding carboxylic acids is 2. The molecule has 0 saturated carbocycles. The SMILES string of the molecule is CCCN(C(=O)c1ccc2ccccc2n1)C1CCN(C(=O)c2ccccc2)CC1. The van der Waals surface area contributed by atoms with Gasteiger partial charge < -0.3 is 9.80 Å². The molecular weight excluding hydrogens is 374 g/mol. The van der Waals surface area contributed by atoms with Crippen LogP contribution in [0.4, 0.5) is 0 Å². The van der Waals surface area contributed by atoms with Crippen molar-refractivity contribution in [2.24, 2.45) is 0 Å².